The number of thioether (sulfide) groups is 1. The second-order valence-corrected chi connectivity index (χ2v) is 7.41. The number of carbonyl (C=O) groups is 1. The molecule has 1 amide bonds. The van der Waals surface area contributed by atoms with Gasteiger partial charge in [-0.2, -0.15) is 0 Å². The summed E-state index contributed by atoms with van der Waals surface area (Å²) in [5.74, 6) is 5.39. The Hall–Kier alpha value is -3.11. The van der Waals surface area contributed by atoms with E-state index in [-0.39, 0.29) is 5.91 Å². The van der Waals surface area contributed by atoms with Crippen molar-refractivity contribution in [2.75, 3.05) is 5.32 Å². The molecule has 0 bridgehead atoms. The van der Waals surface area contributed by atoms with Crippen LogP contribution in [0, 0.1) is 11.8 Å². The van der Waals surface area contributed by atoms with Crippen molar-refractivity contribution >= 4 is 28.5 Å². The van der Waals surface area contributed by atoms with E-state index in [0.29, 0.717) is 22.2 Å². The Balaban J connectivity index is 1.82. The van der Waals surface area contributed by atoms with Crippen LogP contribution in [0.3, 0.4) is 0 Å². The van der Waals surface area contributed by atoms with Crippen LogP contribution in [-0.4, -0.2) is 21.0 Å². The second kappa shape index (κ2) is 7.64. The quantitative estimate of drug-likeness (QED) is 0.801. The molecule has 0 saturated carbocycles. The fourth-order valence-corrected chi connectivity index (χ4v) is 3.59. The van der Waals surface area contributed by atoms with Gasteiger partial charge in [0.25, 0.3) is 5.91 Å². The molecule has 6 nitrogen and oxygen atoms in total. The van der Waals surface area contributed by atoms with Crippen LogP contribution < -0.4 is 11.1 Å². The standard InChI is InChI=1S/C20H19N5OS/c1-4-5-14-6-7-16(23-12-14)18(26)24-15-8-9-22-17(10-15)20(3)11-13(2)27-19(21)25-20/h6-12H,1-3H3,(H2,21,25)(H,22,24,26)/t20-/m0/s1. The number of amides is 1. The van der Waals surface area contributed by atoms with Crippen molar-refractivity contribution in [1.82, 2.24) is 9.97 Å². The molecule has 0 saturated heterocycles. The van der Waals surface area contributed by atoms with Crippen LogP contribution in [0.4, 0.5) is 5.69 Å². The van der Waals surface area contributed by atoms with Crippen molar-refractivity contribution in [1.29, 1.82) is 0 Å². The molecule has 7 heteroatoms. The molecule has 0 fully saturated rings. The number of hydrogen-bond acceptors (Lipinski definition) is 6. The summed E-state index contributed by atoms with van der Waals surface area (Å²) >= 11 is 1.43. The lowest BCUT2D eigenvalue weighted by molar-refractivity contribution is 0.102. The van der Waals surface area contributed by atoms with Gasteiger partial charge in [-0.25, -0.2) is 9.98 Å². The van der Waals surface area contributed by atoms with Crippen molar-refractivity contribution in [3.8, 4) is 11.8 Å². The number of allylic oxidation sites excluding steroid dienone is 1. The molecule has 0 unspecified atom stereocenters. The largest absolute Gasteiger partial charge is 0.378 e. The third-order valence-electron chi connectivity index (χ3n) is 3.89. The van der Waals surface area contributed by atoms with Crippen LogP contribution >= 0.6 is 11.8 Å². The maximum atomic E-state index is 12.5. The molecule has 3 rings (SSSR count). The molecule has 0 aromatic carbocycles. The Labute approximate surface area is 162 Å². The molecule has 2 aromatic heterocycles. The highest BCUT2D eigenvalue weighted by Crippen LogP contribution is 2.35. The second-order valence-electron chi connectivity index (χ2n) is 6.15. The lowest BCUT2D eigenvalue weighted by atomic mass is 9.96. The maximum Gasteiger partial charge on any atom is 0.274 e. The molecule has 1 aliphatic rings. The zero-order valence-corrected chi connectivity index (χ0v) is 16.1. The number of aliphatic imine (C=N–C) groups is 1. The average Bonchev–Trinajstić information content (AvgIpc) is 2.62. The summed E-state index contributed by atoms with van der Waals surface area (Å²) in [4.78, 5) is 26.6. The minimum absolute atomic E-state index is 0.303. The molecular formula is C20H19N5OS. The number of aromatic nitrogens is 2. The van der Waals surface area contributed by atoms with Gasteiger partial charge in [0.15, 0.2) is 5.17 Å². The number of carbonyl (C=O) groups excluding carboxylic acids is 1. The van der Waals surface area contributed by atoms with Gasteiger partial charge in [-0.3, -0.25) is 9.78 Å². The number of rotatable bonds is 3. The van der Waals surface area contributed by atoms with Crippen LogP contribution in [-0.2, 0) is 5.54 Å². The summed E-state index contributed by atoms with van der Waals surface area (Å²) in [6, 6.07) is 6.93. The van der Waals surface area contributed by atoms with Crippen molar-refractivity contribution in [3.05, 3.63) is 64.6 Å². The molecule has 1 aliphatic heterocycles. The average molecular weight is 377 g/mol. The van der Waals surface area contributed by atoms with Gasteiger partial charge in [0.1, 0.15) is 11.2 Å². The highest BCUT2D eigenvalue weighted by atomic mass is 32.2. The van der Waals surface area contributed by atoms with E-state index in [1.807, 2.05) is 19.9 Å². The number of nitrogens with zero attached hydrogens (tertiary/aromatic N) is 3. The van der Waals surface area contributed by atoms with Gasteiger partial charge in [-0.15, -0.1) is 5.92 Å². The molecule has 3 heterocycles. The normalized spacial score (nSPS) is 18.6. The van der Waals surface area contributed by atoms with Crippen molar-refractivity contribution in [2.24, 2.45) is 10.7 Å². The molecule has 0 aliphatic carbocycles. The number of amidine groups is 1. The predicted molar refractivity (Wildman–Crippen MR) is 109 cm³/mol. The van der Waals surface area contributed by atoms with E-state index in [4.69, 9.17) is 5.73 Å². The number of pyridine rings is 2. The zero-order chi connectivity index (χ0) is 19.4. The summed E-state index contributed by atoms with van der Waals surface area (Å²) < 4.78 is 0. The first-order chi connectivity index (χ1) is 12.9. The van der Waals surface area contributed by atoms with Gasteiger partial charge in [-0.05, 0) is 56.0 Å². The summed E-state index contributed by atoms with van der Waals surface area (Å²) in [6.45, 7) is 5.67. The van der Waals surface area contributed by atoms with E-state index in [1.54, 1.807) is 43.6 Å². The lowest BCUT2D eigenvalue weighted by Crippen LogP contribution is -2.26. The van der Waals surface area contributed by atoms with E-state index in [0.717, 1.165) is 10.5 Å². The van der Waals surface area contributed by atoms with Gasteiger partial charge >= 0.3 is 0 Å². The van der Waals surface area contributed by atoms with E-state index >= 15 is 0 Å². The molecule has 27 heavy (non-hydrogen) atoms. The fraction of sp³-hybridized carbons (Fsp3) is 0.200. The molecule has 0 radical (unpaired) electrons. The summed E-state index contributed by atoms with van der Waals surface area (Å²) in [6.07, 6.45) is 5.23. The third kappa shape index (κ3) is 4.36. The van der Waals surface area contributed by atoms with Crippen molar-refractivity contribution in [3.63, 3.8) is 0 Å². The van der Waals surface area contributed by atoms with E-state index in [1.165, 1.54) is 11.8 Å². The molecule has 2 aromatic rings. The smallest absolute Gasteiger partial charge is 0.274 e. The minimum Gasteiger partial charge on any atom is -0.378 e. The van der Waals surface area contributed by atoms with Crippen LogP contribution in [0.15, 0.2) is 52.6 Å². The van der Waals surface area contributed by atoms with Gasteiger partial charge in [0.2, 0.25) is 0 Å². The van der Waals surface area contributed by atoms with Crippen LogP contribution in [0.2, 0.25) is 0 Å². The molecule has 3 N–H and O–H groups in total. The highest BCUT2D eigenvalue weighted by molar-refractivity contribution is 8.17. The van der Waals surface area contributed by atoms with E-state index < -0.39 is 5.54 Å². The summed E-state index contributed by atoms with van der Waals surface area (Å²) in [5.41, 5.74) is 7.65. The summed E-state index contributed by atoms with van der Waals surface area (Å²) in [5, 5.41) is 3.34. The van der Waals surface area contributed by atoms with Gasteiger partial charge in [0, 0.05) is 23.6 Å². The van der Waals surface area contributed by atoms with Crippen LogP contribution in [0.25, 0.3) is 0 Å². The molecule has 1 atom stereocenters. The Morgan fingerprint density at radius 3 is 2.78 bits per heavy atom. The molecular weight excluding hydrogens is 358 g/mol. The Morgan fingerprint density at radius 1 is 1.30 bits per heavy atom. The zero-order valence-electron chi connectivity index (χ0n) is 15.3. The van der Waals surface area contributed by atoms with E-state index in [9.17, 15) is 4.79 Å². The third-order valence-corrected chi connectivity index (χ3v) is 4.63. The maximum absolute atomic E-state index is 12.5. The first-order valence-corrected chi connectivity index (χ1v) is 9.10. The molecule has 136 valence electrons. The van der Waals surface area contributed by atoms with Crippen molar-refractivity contribution < 1.29 is 4.79 Å². The van der Waals surface area contributed by atoms with Crippen molar-refractivity contribution in [2.45, 2.75) is 26.3 Å². The van der Waals surface area contributed by atoms with Gasteiger partial charge < -0.3 is 11.1 Å². The topological polar surface area (TPSA) is 93.3 Å². The van der Waals surface area contributed by atoms with Gasteiger partial charge in [0.05, 0.1) is 5.69 Å². The first-order valence-electron chi connectivity index (χ1n) is 8.29. The monoisotopic (exact) mass is 377 g/mol. The van der Waals surface area contributed by atoms with Gasteiger partial charge in [-0.1, -0.05) is 17.7 Å². The SMILES string of the molecule is CC#Cc1ccc(C(=O)Nc2ccnc([C@]3(C)C=C(C)SC(N)=N3)c2)nc1. The Kier molecular flexibility index (Phi) is 5.28. The first kappa shape index (κ1) is 18.7. The number of nitrogens with two attached hydrogens (primary N) is 1. The van der Waals surface area contributed by atoms with E-state index in [2.05, 4.69) is 32.1 Å². The van der Waals surface area contributed by atoms with Crippen LogP contribution in [0.5, 0.6) is 0 Å². The Bertz CT molecular complexity index is 981. The summed E-state index contributed by atoms with van der Waals surface area (Å²) in [7, 11) is 0. The Morgan fingerprint density at radius 2 is 2.11 bits per heavy atom. The predicted octanol–water partition coefficient (Wildman–Crippen LogP) is 3.28. The fourth-order valence-electron chi connectivity index (χ4n) is 2.73. The highest BCUT2D eigenvalue weighted by Gasteiger charge is 2.29. The molecule has 0 spiro atoms. The lowest BCUT2D eigenvalue weighted by Gasteiger charge is -2.26. The number of anilines is 1. The van der Waals surface area contributed by atoms with Crippen LogP contribution in [0.1, 0.15) is 42.5 Å². The number of nitrogens with one attached hydrogen (secondary N) is 1. The number of hydrogen-bond donors (Lipinski definition) is 2. The minimum atomic E-state index is -0.668.